The molecule has 2 aliphatic heterocycles. The van der Waals surface area contributed by atoms with Crippen LogP contribution < -0.4 is 5.32 Å². The highest BCUT2D eigenvalue weighted by Gasteiger charge is 2.35. The number of ether oxygens (including phenoxy) is 1. The van der Waals surface area contributed by atoms with Crippen molar-refractivity contribution in [1.82, 2.24) is 10.2 Å². The zero-order valence-electron chi connectivity index (χ0n) is 11.3. The minimum Gasteiger partial charge on any atom is -0.378 e. The number of carbonyl (C=O) groups is 2. The summed E-state index contributed by atoms with van der Waals surface area (Å²) in [6, 6.07) is 8.67. The van der Waals surface area contributed by atoms with Gasteiger partial charge in [-0.2, -0.15) is 5.26 Å². The number of nitrogens with one attached hydrogen (secondary N) is 1. The molecule has 0 saturated carbocycles. The Morgan fingerprint density at radius 3 is 2.38 bits per heavy atom. The topological polar surface area (TPSA) is 82.4 Å². The van der Waals surface area contributed by atoms with Crippen LogP contribution in [-0.4, -0.2) is 43.0 Å². The van der Waals surface area contributed by atoms with Crippen molar-refractivity contribution in [3.63, 3.8) is 0 Å². The van der Waals surface area contributed by atoms with Crippen LogP contribution in [0.1, 0.15) is 11.1 Å². The predicted octanol–water partition coefficient (Wildman–Crippen LogP) is 0.258. The van der Waals surface area contributed by atoms with Gasteiger partial charge in [-0.1, -0.05) is 12.1 Å². The molecule has 2 aliphatic rings. The highest BCUT2D eigenvalue weighted by Crippen LogP contribution is 2.27. The van der Waals surface area contributed by atoms with Crippen molar-refractivity contribution in [2.75, 3.05) is 26.3 Å². The quantitative estimate of drug-likeness (QED) is 0.787. The van der Waals surface area contributed by atoms with Crippen molar-refractivity contribution in [3.05, 3.63) is 41.1 Å². The maximum Gasteiger partial charge on any atom is 0.275 e. The Balaban J connectivity index is 2.04. The average Bonchev–Trinajstić information content (AvgIpc) is 2.82. The first-order valence-corrected chi connectivity index (χ1v) is 6.64. The molecular formula is C15H13N3O3. The Labute approximate surface area is 121 Å². The summed E-state index contributed by atoms with van der Waals surface area (Å²) in [6.07, 6.45) is 0. The van der Waals surface area contributed by atoms with Gasteiger partial charge in [0, 0.05) is 13.1 Å². The van der Waals surface area contributed by atoms with E-state index >= 15 is 0 Å². The standard InChI is InChI=1S/C15H13N3O3/c16-9-10-1-3-11(4-2-10)12-13(15(20)17-14(12)19)18-5-7-21-8-6-18/h1-4H,5-8H2,(H,17,19,20). The molecule has 1 aromatic rings. The summed E-state index contributed by atoms with van der Waals surface area (Å²) >= 11 is 0. The monoisotopic (exact) mass is 283 g/mol. The molecule has 6 nitrogen and oxygen atoms in total. The summed E-state index contributed by atoms with van der Waals surface area (Å²) in [5.74, 6) is -0.771. The molecule has 6 heteroatoms. The predicted molar refractivity (Wildman–Crippen MR) is 73.6 cm³/mol. The van der Waals surface area contributed by atoms with Crippen molar-refractivity contribution in [3.8, 4) is 6.07 Å². The normalized spacial score (nSPS) is 18.7. The van der Waals surface area contributed by atoms with E-state index in [4.69, 9.17) is 10.00 Å². The Hall–Kier alpha value is -2.65. The first-order valence-electron chi connectivity index (χ1n) is 6.64. The van der Waals surface area contributed by atoms with Crippen LogP contribution in [0.5, 0.6) is 0 Å². The highest BCUT2D eigenvalue weighted by molar-refractivity contribution is 6.35. The summed E-state index contributed by atoms with van der Waals surface area (Å²) in [5, 5.41) is 11.2. The van der Waals surface area contributed by atoms with Gasteiger partial charge in [0.1, 0.15) is 5.70 Å². The zero-order valence-corrected chi connectivity index (χ0v) is 11.3. The van der Waals surface area contributed by atoms with Gasteiger partial charge in [0.25, 0.3) is 11.8 Å². The van der Waals surface area contributed by atoms with Gasteiger partial charge in [0.15, 0.2) is 0 Å². The van der Waals surface area contributed by atoms with Gasteiger partial charge < -0.3 is 9.64 Å². The lowest BCUT2D eigenvalue weighted by Gasteiger charge is -2.29. The highest BCUT2D eigenvalue weighted by atomic mass is 16.5. The Morgan fingerprint density at radius 1 is 1.10 bits per heavy atom. The number of nitriles is 1. The second kappa shape index (κ2) is 5.38. The molecule has 3 rings (SSSR count). The lowest BCUT2D eigenvalue weighted by atomic mass is 10.0. The Bertz CT molecular complexity index is 664. The van der Waals surface area contributed by atoms with Crippen molar-refractivity contribution >= 4 is 17.4 Å². The van der Waals surface area contributed by atoms with Crippen LogP contribution in [0.3, 0.4) is 0 Å². The van der Waals surface area contributed by atoms with Gasteiger partial charge in [0.05, 0.1) is 30.4 Å². The SMILES string of the molecule is N#Cc1ccc(C2=C(N3CCOCC3)C(=O)NC2=O)cc1. The van der Waals surface area contributed by atoms with Crippen molar-refractivity contribution < 1.29 is 14.3 Å². The Morgan fingerprint density at radius 2 is 1.76 bits per heavy atom. The molecule has 0 atom stereocenters. The fourth-order valence-corrected chi connectivity index (χ4v) is 2.51. The lowest BCUT2D eigenvalue weighted by Crippen LogP contribution is -2.39. The molecule has 1 aromatic carbocycles. The van der Waals surface area contributed by atoms with Crippen LogP contribution in [0, 0.1) is 11.3 Å². The first-order chi connectivity index (χ1) is 10.2. The van der Waals surface area contributed by atoms with E-state index in [0.29, 0.717) is 48.7 Å². The molecule has 0 aromatic heterocycles. The molecule has 2 heterocycles. The molecule has 0 radical (unpaired) electrons. The summed E-state index contributed by atoms with van der Waals surface area (Å²) in [6.45, 7) is 2.23. The number of hydrogen-bond acceptors (Lipinski definition) is 5. The van der Waals surface area contributed by atoms with E-state index in [0.717, 1.165) is 0 Å². The van der Waals surface area contributed by atoms with Crippen molar-refractivity contribution in [2.24, 2.45) is 0 Å². The van der Waals surface area contributed by atoms with Crippen LogP contribution in [0.2, 0.25) is 0 Å². The second-order valence-corrected chi connectivity index (χ2v) is 4.80. The van der Waals surface area contributed by atoms with Gasteiger partial charge in [-0.25, -0.2) is 0 Å². The van der Waals surface area contributed by atoms with Crippen molar-refractivity contribution in [2.45, 2.75) is 0 Å². The number of rotatable bonds is 2. The van der Waals surface area contributed by atoms with Crippen LogP contribution in [0.25, 0.3) is 5.57 Å². The van der Waals surface area contributed by atoms with E-state index < -0.39 is 5.91 Å². The van der Waals surface area contributed by atoms with E-state index in [1.54, 1.807) is 24.3 Å². The van der Waals surface area contributed by atoms with E-state index in [1.165, 1.54) is 0 Å². The minimum atomic E-state index is -0.397. The minimum absolute atomic E-state index is 0.367. The maximum atomic E-state index is 12.1. The molecular weight excluding hydrogens is 270 g/mol. The number of benzene rings is 1. The smallest absolute Gasteiger partial charge is 0.275 e. The molecule has 106 valence electrons. The zero-order chi connectivity index (χ0) is 14.8. The molecule has 1 fully saturated rings. The van der Waals surface area contributed by atoms with Gasteiger partial charge >= 0.3 is 0 Å². The molecule has 0 aliphatic carbocycles. The summed E-state index contributed by atoms with van der Waals surface area (Å²) in [4.78, 5) is 26.0. The number of carbonyl (C=O) groups excluding carboxylic acids is 2. The van der Waals surface area contributed by atoms with E-state index in [2.05, 4.69) is 5.32 Å². The number of imide groups is 1. The van der Waals surface area contributed by atoms with Crippen LogP contribution in [-0.2, 0) is 14.3 Å². The van der Waals surface area contributed by atoms with Gasteiger partial charge in [0.2, 0.25) is 0 Å². The van der Waals surface area contributed by atoms with Gasteiger partial charge in [-0.05, 0) is 17.7 Å². The average molecular weight is 283 g/mol. The molecule has 0 unspecified atom stereocenters. The molecule has 1 saturated heterocycles. The number of amides is 2. The van der Waals surface area contributed by atoms with Crippen molar-refractivity contribution in [1.29, 1.82) is 5.26 Å². The second-order valence-electron chi connectivity index (χ2n) is 4.80. The Kier molecular flexibility index (Phi) is 3.42. The lowest BCUT2D eigenvalue weighted by molar-refractivity contribution is -0.124. The first kappa shape index (κ1) is 13.3. The molecule has 21 heavy (non-hydrogen) atoms. The van der Waals surface area contributed by atoms with E-state index in [9.17, 15) is 9.59 Å². The van der Waals surface area contributed by atoms with E-state index in [-0.39, 0.29) is 5.91 Å². The number of hydrogen-bond donors (Lipinski definition) is 1. The molecule has 2 amide bonds. The fourth-order valence-electron chi connectivity index (χ4n) is 2.51. The maximum absolute atomic E-state index is 12.1. The van der Waals surface area contributed by atoms with Gasteiger partial charge in [-0.3, -0.25) is 14.9 Å². The largest absolute Gasteiger partial charge is 0.378 e. The molecule has 0 bridgehead atoms. The molecule has 1 N–H and O–H groups in total. The number of morpholine rings is 1. The van der Waals surface area contributed by atoms with Crippen LogP contribution >= 0.6 is 0 Å². The summed E-state index contributed by atoms with van der Waals surface area (Å²) in [7, 11) is 0. The van der Waals surface area contributed by atoms with Crippen LogP contribution in [0.4, 0.5) is 0 Å². The number of nitrogens with zero attached hydrogens (tertiary/aromatic N) is 2. The third kappa shape index (κ3) is 2.39. The van der Waals surface area contributed by atoms with Gasteiger partial charge in [-0.15, -0.1) is 0 Å². The summed E-state index contributed by atoms with van der Waals surface area (Å²) < 4.78 is 5.28. The van der Waals surface area contributed by atoms with Crippen LogP contribution in [0.15, 0.2) is 30.0 Å². The molecule has 0 spiro atoms. The fraction of sp³-hybridized carbons (Fsp3) is 0.267. The third-order valence-corrected chi connectivity index (χ3v) is 3.54. The summed E-state index contributed by atoms with van der Waals surface area (Å²) in [5.41, 5.74) is 1.91. The third-order valence-electron chi connectivity index (χ3n) is 3.54. The van der Waals surface area contributed by atoms with E-state index in [1.807, 2.05) is 11.0 Å².